The number of carbonyl (C=O) groups excluding carboxylic acids is 1. The Bertz CT molecular complexity index is 687. The first-order chi connectivity index (χ1) is 10.2. The van der Waals surface area contributed by atoms with Crippen LogP contribution in [0.25, 0.3) is 0 Å². The molecule has 21 heavy (non-hydrogen) atoms. The summed E-state index contributed by atoms with van der Waals surface area (Å²) < 4.78 is 24.3. The second-order valence-electron chi connectivity index (χ2n) is 4.48. The van der Waals surface area contributed by atoms with Crippen LogP contribution in [0.15, 0.2) is 52.3 Å². The molecule has 0 radical (unpaired) electrons. The number of fused-ring (bicyclic) bond motifs is 2. The van der Waals surface area contributed by atoms with Gasteiger partial charge in [-0.25, -0.2) is 9.18 Å². The van der Waals surface area contributed by atoms with Gasteiger partial charge in [0.05, 0.1) is 11.5 Å². The van der Waals surface area contributed by atoms with E-state index >= 15 is 0 Å². The Balaban J connectivity index is 2.09. The molecule has 0 unspecified atom stereocenters. The molecule has 0 bridgehead atoms. The first kappa shape index (κ1) is 13.9. The Morgan fingerprint density at radius 2 is 2.10 bits per heavy atom. The van der Waals surface area contributed by atoms with Gasteiger partial charge in [-0.2, -0.15) is 0 Å². The topological polar surface area (TPSA) is 35.5 Å². The van der Waals surface area contributed by atoms with Gasteiger partial charge in [0.25, 0.3) is 0 Å². The molecule has 2 aromatic carbocycles. The quantitative estimate of drug-likeness (QED) is 0.786. The number of hydrogen-bond donors (Lipinski definition) is 0. The number of benzene rings is 2. The Hall–Kier alpha value is -2.01. The Kier molecular flexibility index (Phi) is 3.84. The van der Waals surface area contributed by atoms with Gasteiger partial charge in [0.15, 0.2) is 0 Å². The predicted molar refractivity (Wildman–Crippen MR) is 77.0 cm³/mol. The fourth-order valence-corrected chi connectivity index (χ4v) is 3.22. The highest BCUT2D eigenvalue weighted by atomic mass is 32.2. The van der Waals surface area contributed by atoms with Crippen LogP contribution in [-0.4, -0.2) is 12.6 Å². The molecule has 0 fully saturated rings. The molecule has 1 aliphatic heterocycles. The summed E-state index contributed by atoms with van der Waals surface area (Å²) in [6, 6.07) is 11.7. The van der Waals surface area contributed by atoms with Gasteiger partial charge in [0.1, 0.15) is 11.6 Å². The van der Waals surface area contributed by atoms with Crippen LogP contribution in [0.1, 0.15) is 18.6 Å². The SMILES string of the molecule is CCOC(=O)[C@H]1Oc2ccc(F)cc2Sc2ccccc21. The second-order valence-corrected chi connectivity index (χ2v) is 5.56. The molecule has 0 spiro atoms. The van der Waals surface area contributed by atoms with E-state index in [2.05, 4.69) is 0 Å². The fourth-order valence-electron chi connectivity index (χ4n) is 2.15. The molecular weight excluding hydrogens is 291 g/mol. The van der Waals surface area contributed by atoms with Crippen molar-refractivity contribution < 1.29 is 18.7 Å². The molecule has 0 N–H and O–H groups in total. The van der Waals surface area contributed by atoms with E-state index in [0.29, 0.717) is 10.6 Å². The molecule has 0 aromatic heterocycles. The molecule has 0 saturated heterocycles. The van der Waals surface area contributed by atoms with Gasteiger partial charge in [-0.05, 0) is 31.2 Å². The van der Waals surface area contributed by atoms with E-state index in [0.717, 1.165) is 10.5 Å². The molecule has 2 aromatic rings. The van der Waals surface area contributed by atoms with Crippen molar-refractivity contribution >= 4 is 17.7 Å². The summed E-state index contributed by atoms with van der Waals surface area (Å²) in [5.41, 5.74) is 0.734. The number of rotatable bonds is 2. The predicted octanol–water partition coefficient (Wildman–Crippen LogP) is 3.97. The van der Waals surface area contributed by atoms with Crippen LogP contribution in [0.3, 0.4) is 0 Å². The van der Waals surface area contributed by atoms with E-state index in [1.165, 1.54) is 30.0 Å². The lowest BCUT2D eigenvalue weighted by molar-refractivity contribution is -0.151. The Morgan fingerprint density at radius 3 is 2.90 bits per heavy atom. The van der Waals surface area contributed by atoms with Crippen molar-refractivity contribution in [3.05, 3.63) is 53.8 Å². The van der Waals surface area contributed by atoms with Crippen LogP contribution in [0.4, 0.5) is 4.39 Å². The molecule has 0 aliphatic carbocycles. The average Bonchev–Trinajstić information content (AvgIpc) is 2.63. The standard InChI is InChI=1S/C16H13FO3S/c1-2-19-16(18)15-11-5-3-4-6-13(11)21-14-9-10(17)7-8-12(14)20-15/h3-9,15H,2H2,1H3/t15-/m0/s1. The van der Waals surface area contributed by atoms with Crippen molar-refractivity contribution in [1.82, 2.24) is 0 Å². The minimum absolute atomic E-state index is 0.282. The minimum atomic E-state index is -0.833. The van der Waals surface area contributed by atoms with Crippen LogP contribution in [0.2, 0.25) is 0 Å². The van der Waals surface area contributed by atoms with Crippen LogP contribution in [-0.2, 0) is 9.53 Å². The summed E-state index contributed by atoms with van der Waals surface area (Å²) in [5, 5.41) is 0. The first-order valence-electron chi connectivity index (χ1n) is 6.58. The monoisotopic (exact) mass is 304 g/mol. The Labute approximate surface area is 126 Å². The first-order valence-corrected chi connectivity index (χ1v) is 7.40. The van der Waals surface area contributed by atoms with E-state index in [9.17, 15) is 9.18 Å². The normalized spacial score (nSPS) is 16.2. The van der Waals surface area contributed by atoms with Gasteiger partial charge in [-0.3, -0.25) is 0 Å². The second kappa shape index (κ2) is 5.77. The summed E-state index contributed by atoms with van der Waals surface area (Å²) in [6.07, 6.45) is -0.833. The molecule has 108 valence electrons. The fraction of sp³-hybridized carbons (Fsp3) is 0.188. The highest BCUT2D eigenvalue weighted by Crippen LogP contribution is 2.44. The summed E-state index contributed by atoms with van der Waals surface area (Å²) in [7, 11) is 0. The van der Waals surface area contributed by atoms with Crippen LogP contribution in [0, 0.1) is 5.82 Å². The van der Waals surface area contributed by atoms with E-state index in [4.69, 9.17) is 9.47 Å². The van der Waals surface area contributed by atoms with Gasteiger partial charge >= 0.3 is 5.97 Å². The number of carbonyl (C=O) groups is 1. The lowest BCUT2D eigenvalue weighted by Gasteiger charge is -2.17. The molecule has 5 heteroatoms. The van der Waals surface area contributed by atoms with Gasteiger partial charge in [-0.15, -0.1) is 0 Å². The highest BCUT2D eigenvalue weighted by Gasteiger charge is 2.30. The number of hydrogen-bond acceptors (Lipinski definition) is 4. The van der Waals surface area contributed by atoms with Gasteiger partial charge in [0.2, 0.25) is 6.10 Å². The molecule has 1 heterocycles. The van der Waals surface area contributed by atoms with Crippen LogP contribution in [0.5, 0.6) is 5.75 Å². The van der Waals surface area contributed by atoms with Crippen LogP contribution >= 0.6 is 11.8 Å². The Morgan fingerprint density at radius 1 is 1.29 bits per heavy atom. The number of esters is 1. The minimum Gasteiger partial charge on any atom is -0.473 e. The lowest BCUT2D eigenvalue weighted by Crippen LogP contribution is -2.21. The van der Waals surface area contributed by atoms with Crippen molar-refractivity contribution in [2.45, 2.75) is 22.8 Å². The zero-order valence-corrected chi connectivity index (χ0v) is 12.2. The maximum absolute atomic E-state index is 13.4. The number of halogens is 1. The van der Waals surface area contributed by atoms with Gasteiger partial charge in [-0.1, -0.05) is 30.0 Å². The molecule has 0 saturated carbocycles. The smallest absolute Gasteiger partial charge is 0.352 e. The average molecular weight is 304 g/mol. The van der Waals surface area contributed by atoms with E-state index < -0.39 is 12.1 Å². The summed E-state index contributed by atoms with van der Waals surface area (Å²) in [5.74, 6) is -0.296. The van der Waals surface area contributed by atoms with Crippen molar-refractivity contribution in [3.63, 3.8) is 0 Å². The summed E-state index contributed by atoms with van der Waals surface area (Å²) in [4.78, 5) is 13.7. The third-order valence-electron chi connectivity index (χ3n) is 3.07. The molecule has 1 atom stereocenters. The third-order valence-corrected chi connectivity index (χ3v) is 4.20. The van der Waals surface area contributed by atoms with Crippen LogP contribution < -0.4 is 4.74 Å². The van der Waals surface area contributed by atoms with Crippen molar-refractivity contribution in [3.8, 4) is 5.75 Å². The lowest BCUT2D eigenvalue weighted by atomic mass is 10.1. The van der Waals surface area contributed by atoms with Gasteiger partial charge < -0.3 is 9.47 Å². The maximum Gasteiger partial charge on any atom is 0.352 e. The molecule has 3 nitrogen and oxygen atoms in total. The summed E-state index contributed by atoms with van der Waals surface area (Å²) >= 11 is 1.38. The van der Waals surface area contributed by atoms with E-state index in [1.807, 2.05) is 24.3 Å². The maximum atomic E-state index is 13.4. The number of ether oxygens (including phenoxy) is 2. The third kappa shape index (κ3) is 2.74. The van der Waals surface area contributed by atoms with Crippen molar-refractivity contribution in [1.29, 1.82) is 0 Å². The highest BCUT2D eigenvalue weighted by molar-refractivity contribution is 7.99. The molecular formula is C16H13FO3S. The van der Waals surface area contributed by atoms with E-state index in [1.54, 1.807) is 6.92 Å². The summed E-state index contributed by atoms with van der Waals surface area (Å²) in [6.45, 7) is 2.03. The zero-order chi connectivity index (χ0) is 14.8. The zero-order valence-electron chi connectivity index (χ0n) is 11.3. The van der Waals surface area contributed by atoms with E-state index in [-0.39, 0.29) is 12.4 Å². The largest absolute Gasteiger partial charge is 0.473 e. The van der Waals surface area contributed by atoms with Crippen molar-refractivity contribution in [2.75, 3.05) is 6.61 Å². The molecule has 0 amide bonds. The van der Waals surface area contributed by atoms with Crippen molar-refractivity contribution in [2.24, 2.45) is 0 Å². The van der Waals surface area contributed by atoms with Gasteiger partial charge in [0, 0.05) is 10.5 Å². The molecule has 1 aliphatic rings. The molecule has 3 rings (SSSR count).